The Morgan fingerprint density at radius 2 is 2.00 bits per heavy atom. The smallest absolute Gasteiger partial charge is 0.00719 e. The van der Waals surface area contributed by atoms with Crippen molar-refractivity contribution in [3.63, 3.8) is 0 Å². The zero-order valence-corrected chi connectivity index (χ0v) is 8.06. The Labute approximate surface area is 70.6 Å². The molecule has 2 unspecified atom stereocenters. The number of nitrogens with one attached hydrogen (secondary N) is 1. The topological polar surface area (TPSA) is 12.0 Å². The Kier molecular flexibility index (Phi) is 3.38. The van der Waals surface area contributed by atoms with Gasteiger partial charge in [-0.25, -0.2) is 0 Å². The maximum atomic E-state index is 3.61. The third kappa shape index (κ3) is 3.24. The van der Waals surface area contributed by atoms with Gasteiger partial charge in [-0.05, 0) is 18.8 Å². The molecule has 1 rings (SSSR count). The molecule has 0 heterocycles. The molecule has 0 saturated heterocycles. The van der Waals surface area contributed by atoms with Gasteiger partial charge in [-0.1, -0.05) is 33.6 Å². The van der Waals surface area contributed by atoms with Crippen LogP contribution in [0.3, 0.4) is 0 Å². The quantitative estimate of drug-likeness (QED) is 0.646. The van der Waals surface area contributed by atoms with Gasteiger partial charge in [0.1, 0.15) is 0 Å². The minimum atomic E-state index is 0.658. The lowest BCUT2D eigenvalue weighted by Crippen LogP contribution is -2.37. The lowest BCUT2D eigenvalue weighted by molar-refractivity contribution is 0.289. The Morgan fingerprint density at radius 1 is 1.27 bits per heavy atom. The van der Waals surface area contributed by atoms with Crippen molar-refractivity contribution in [2.24, 2.45) is 5.92 Å². The van der Waals surface area contributed by atoms with Gasteiger partial charge in [0.05, 0.1) is 0 Å². The molecule has 0 aromatic carbocycles. The van der Waals surface area contributed by atoms with Gasteiger partial charge in [-0.3, -0.25) is 0 Å². The van der Waals surface area contributed by atoms with Gasteiger partial charge >= 0.3 is 0 Å². The third-order valence-electron chi connectivity index (χ3n) is 2.51. The highest BCUT2D eigenvalue weighted by Gasteiger charge is 2.18. The molecule has 0 radical (unpaired) electrons. The lowest BCUT2D eigenvalue weighted by Gasteiger charge is -2.29. The predicted molar refractivity (Wildman–Crippen MR) is 49.7 cm³/mol. The van der Waals surface area contributed by atoms with E-state index in [0.29, 0.717) is 6.04 Å². The summed E-state index contributed by atoms with van der Waals surface area (Å²) in [6, 6.07) is 1.46. The highest BCUT2D eigenvalue weighted by atomic mass is 14.9. The molecule has 0 aromatic rings. The van der Waals surface area contributed by atoms with E-state index in [0.717, 1.165) is 12.0 Å². The molecule has 0 spiro atoms. The first-order valence-corrected chi connectivity index (χ1v) is 4.94. The van der Waals surface area contributed by atoms with Crippen LogP contribution < -0.4 is 5.32 Å². The van der Waals surface area contributed by atoms with Crippen LogP contribution in [0.4, 0.5) is 0 Å². The highest BCUT2D eigenvalue weighted by Crippen LogP contribution is 2.23. The van der Waals surface area contributed by atoms with E-state index in [1.807, 2.05) is 0 Å². The Morgan fingerprint density at radius 3 is 2.55 bits per heavy atom. The first-order chi connectivity index (χ1) is 5.18. The van der Waals surface area contributed by atoms with E-state index < -0.39 is 0 Å². The van der Waals surface area contributed by atoms with Crippen LogP contribution in [0.5, 0.6) is 0 Å². The Bertz CT molecular complexity index is 107. The molecule has 66 valence electrons. The van der Waals surface area contributed by atoms with Crippen molar-refractivity contribution >= 4 is 0 Å². The summed E-state index contributed by atoms with van der Waals surface area (Å²) in [5.41, 5.74) is 0. The fourth-order valence-electron chi connectivity index (χ4n) is 2.06. The number of hydrogen-bond donors (Lipinski definition) is 1. The van der Waals surface area contributed by atoms with Gasteiger partial charge in [-0.2, -0.15) is 0 Å². The van der Waals surface area contributed by atoms with Crippen LogP contribution in [0, 0.1) is 5.92 Å². The van der Waals surface area contributed by atoms with E-state index in [1.165, 1.54) is 25.7 Å². The van der Waals surface area contributed by atoms with Gasteiger partial charge in [-0.15, -0.1) is 0 Å². The van der Waals surface area contributed by atoms with E-state index in [-0.39, 0.29) is 0 Å². The van der Waals surface area contributed by atoms with Crippen LogP contribution in [-0.4, -0.2) is 12.1 Å². The number of hydrogen-bond acceptors (Lipinski definition) is 1. The fraction of sp³-hybridized carbons (Fsp3) is 1.00. The van der Waals surface area contributed by atoms with Crippen LogP contribution in [0.25, 0.3) is 0 Å². The summed E-state index contributed by atoms with van der Waals surface area (Å²) in [4.78, 5) is 0. The Hall–Kier alpha value is -0.0400. The third-order valence-corrected chi connectivity index (χ3v) is 2.51. The van der Waals surface area contributed by atoms with Crippen LogP contribution in [0.1, 0.15) is 46.5 Å². The second-order valence-electron chi connectivity index (χ2n) is 4.29. The molecule has 1 aliphatic rings. The standard InChI is InChI=1S/C10H21N/c1-8(2)11-10-6-4-5-9(3)7-10/h8-11H,4-7H2,1-3H3. The Balaban J connectivity index is 2.23. The first kappa shape index (κ1) is 9.05. The van der Waals surface area contributed by atoms with Gasteiger partial charge < -0.3 is 5.32 Å². The molecular formula is C10H21N. The average molecular weight is 155 g/mol. The van der Waals surface area contributed by atoms with Gasteiger partial charge in [0, 0.05) is 12.1 Å². The van der Waals surface area contributed by atoms with E-state index in [1.54, 1.807) is 0 Å². The van der Waals surface area contributed by atoms with Gasteiger partial charge in [0.25, 0.3) is 0 Å². The molecule has 1 nitrogen and oxygen atoms in total. The van der Waals surface area contributed by atoms with Crippen molar-refractivity contribution in [1.29, 1.82) is 0 Å². The number of rotatable bonds is 2. The normalized spacial score (nSPS) is 32.7. The summed E-state index contributed by atoms with van der Waals surface area (Å²) in [5, 5.41) is 3.61. The van der Waals surface area contributed by atoms with Crippen molar-refractivity contribution in [2.45, 2.75) is 58.5 Å². The summed E-state index contributed by atoms with van der Waals surface area (Å²) in [7, 11) is 0. The van der Waals surface area contributed by atoms with E-state index in [2.05, 4.69) is 26.1 Å². The highest BCUT2D eigenvalue weighted by molar-refractivity contribution is 4.76. The molecule has 2 atom stereocenters. The predicted octanol–water partition coefficient (Wildman–Crippen LogP) is 2.56. The molecule has 0 aliphatic heterocycles. The molecule has 1 aliphatic carbocycles. The molecule has 1 fully saturated rings. The zero-order valence-electron chi connectivity index (χ0n) is 8.06. The SMILES string of the molecule is CC1CCCC(NC(C)C)C1. The van der Waals surface area contributed by atoms with Crippen molar-refractivity contribution in [1.82, 2.24) is 5.32 Å². The molecule has 0 aromatic heterocycles. The summed E-state index contributed by atoms with van der Waals surface area (Å²) in [6.45, 7) is 6.84. The van der Waals surface area contributed by atoms with E-state index >= 15 is 0 Å². The maximum absolute atomic E-state index is 3.61. The van der Waals surface area contributed by atoms with Crippen LogP contribution in [0.15, 0.2) is 0 Å². The average Bonchev–Trinajstić information content (AvgIpc) is 1.85. The van der Waals surface area contributed by atoms with Crippen LogP contribution in [0.2, 0.25) is 0 Å². The molecule has 1 saturated carbocycles. The second-order valence-corrected chi connectivity index (χ2v) is 4.29. The minimum absolute atomic E-state index is 0.658. The van der Waals surface area contributed by atoms with Crippen LogP contribution in [-0.2, 0) is 0 Å². The summed E-state index contributed by atoms with van der Waals surface area (Å²) < 4.78 is 0. The van der Waals surface area contributed by atoms with Gasteiger partial charge in [0.2, 0.25) is 0 Å². The molecule has 1 heteroatoms. The van der Waals surface area contributed by atoms with Crippen molar-refractivity contribution < 1.29 is 0 Å². The first-order valence-electron chi connectivity index (χ1n) is 4.94. The molecule has 0 amide bonds. The maximum Gasteiger partial charge on any atom is 0.00719 e. The summed E-state index contributed by atoms with van der Waals surface area (Å²) >= 11 is 0. The monoisotopic (exact) mass is 155 g/mol. The van der Waals surface area contributed by atoms with Gasteiger partial charge in [0.15, 0.2) is 0 Å². The molecule has 11 heavy (non-hydrogen) atoms. The fourth-order valence-corrected chi connectivity index (χ4v) is 2.06. The lowest BCUT2D eigenvalue weighted by atomic mass is 9.87. The molecular weight excluding hydrogens is 134 g/mol. The molecule has 1 N–H and O–H groups in total. The van der Waals surface area contributed by atoms with E-state index in [4.69, 9.17) is 0 Å². The van der Waals surface area contributed by atoms with Crippen molar-refractivity contribution in [3.05, 3.63) is 0 Å². The van der Waals surface area contributed by atoms with Crippen molar-refractivity contribution in [2.75, 3.05) is 0 Å². The molecule has 0 bridgehead atoms. The van der Waals surface area contributed by atoms with Crippen LogP contribution >= 0.6 is 0 Å². The van der Waals surface area contributed by atoms with Crippen molar-refractivity contribution in [3.8, 4) is 0 Å². The summed E-state index contributed by atoms with van der Waals surface area (Å²) in [5.74, 6) is 0.944. The summed E-state index contributed by atoms with van der Waals surface area (Å²) in [6.07, 6.45) is 5.64. The minimum Gasteiger partial charge on any atom is -0.312 e. The largest absolute Gasteiger partial charge is 0.312 e. The van der Waals surface area contributed by atoms with E-state index in [9.17, 15) is 0 Å². The second kappa shape index (κ2) is 4.10. The zero-order chi connectivity index (χ0) is 8.27.